The van der Waals surface area contributed by atoms with Gasteiger partial charge in [0.05, 0.1) is 33.8 Å². The topological polar surface area (TPSA) is 51.6 Å². The number of benzene rings is 5. The van der Waals surface area contributed by atoms with Crippen molar-refractivity contribution >= 4 is 27.4 Å². The molecular formula is C46H34N4. The Morgan fingerprint density at radius 3 is 1.42 bits per heavy atom. The highest BCUT2D eigenvalue weighted by Gasteiger charge is 2.13. The molecule has 4 heteroatoms. The highest BCUT2D eigenvalue weighted by Crippen LogP contribution is 2.33. The van der Waals surface area contributed by atoms with E-state index in [-0.39, 0.29) is 0 Å². The Labute approximate surface area is 291 Å². The molecule has 0 bridgehead atoms. The highest BCUT2D eigenvalue weighted by molar-refractivity contribution is 6.04. The lowest BCUT2D eigenvalue weighted by Crippen LogP contribution is -1.96. The number of rotatable bonds is 6. The van der Waals surface area contributed by atoms with Gasteiger partial charge in [-0.15, -0.1) is 0 Å². The Balaban J connectivity index is 1.02. The summed E-state index contributed by atoms with van der Waals surface area (Å²) < 4.78 is 0. The highest BCUT2D eigenvalue weighted by atomic mass is 14.9. The van der Waals surface area contributed by atoms with E-state index < -0.39 is 0 Å². The van der Waals surface area contributed by atoms with Gasteiger partial charge < -0.3 is 0 Å². The molecule has 0 aliphatic heterocycles. The van der Waals surface area contributed by atoms with Gasteiger partial charge in [0.15, 0.2) is 5.82 Å². The maximum atomic E-state index is 5.17. The molecule has 0 saturated carbocycles. The SMILES string of the molecule is C1=C(c2ccc3ccc4ccc(-c5ccc(-c6ccc(-c7cc(-c8ccccc8)nc(-c8ccccc8)n7)cc6)cc5)nc4c3n2)CCCC1. The monoisotopic (exact) mass is 642 g/mol. The number of fused-ring (bicyclic) bond motifs is 3. The molecule has 0 saturated heterocycles. The zero-order valence-corrected chi connectivity index (χ0v) is 27.6. The summed E-state index contributed by atoms with van der Waals surface area (Å²) in [5, 5.41) is 2.23. The molecule has 4 nitrogen and oxygen atoms in total. The lowest BCUT2D eigenvalue weighted by Gasteiger charge is -2.13. The van der Waals surface area contributed by atoms with Crippen LogP contribution in [0.2, 0.25) is 0 Å². The molecule has 0 N–H and O–H groups in total. The van der Waals surface area contributed by atoms with Gasteiger partial charge in [0.1, 0.15) is 0 Å². The number of nitrogens with zero attached hydrogens (tertiary/aromatic N) is 4. The Bertz CT molecular complexity index is 2450. The van der Waals surface area contributed by atoms with E-state index in [1.165, 1.54) is 18.4 Å². The second-order valence-electron chi connectivity index (χ2n) is 12.9. The van der Waals surface area contributed by atoms with E-state index in [1.807, 2.05) is 36.4 Å². The molecule has 50 heavy (non-hydrogen) atoms. The molecule has 3 aromatic heterocycles. The molecule has 0 spiro atoms. The minimum atomic E-state index is 0.717. The van der Waals surface area contributed by atoms with Crippen molar-refractivity contribution in [2.75, 3.05) is 0 Å². The molecule has 0 fully saturated rings. The second kappa shape index (κ2) is 13.0. The molecule has 1 aliphatic rings. The van der Waals surface area contributed by atoms with E-state index in [9.17, 15) is 0 Å². The van der Waals surface area contributed by atoms with Crippen LogP contribution in [-0.4, -0.2) is 19.9 Å². The Hall–Kier alpha value is -6.26. The molecule has 8 aromatic rings. The van der Waals surface area contributed by atoms with Gasteiger partial charge in [0, 0.05) is 33.0 Å². The van der Waals surface area contributed by atoms with Crippen molar-refractivity contribution in [3.8, 4) is 56.3 Å². The quantitative estimate of drug-likeness (QED) is 0.169. The van der Waals surface area contributed by atoms with Crippen molar-refractivity contribution in [1.29, 1.82) is 0 Å². The van der Waals surface area contributed by atoms with Crippen LogP contribution in [0.25, 0.3) is 83.7 Å². The molecule has 0 radical (unpaired) electrons. The van der Waals surface area contributed by atoms with Crippen molar-refractivity contribution in [3.63, 3.8) is 0 Å². The van der Waals surface area contributed by atoms with Crippen LogP contribution < -0.4 is 0 Å². The molecule has 0 unspecified atom stereocenters. The third-order valence-electron chi connectivity index (χ3n) is 9.66. The summed E-state index contributed by atoms with van der Waals surface area (Å²) in [5.41, 5.74) is 13.6. The fraction of sp³-hybridized carbons (Fsp3) is 0.0870. The summed E-state index contributed by atoms with van der Waals surface area (Å²) in [6.07, 6.45) is 7.10. The van der Waals surface area contributed by atoms with Crippen LogP contribution in [0.15, 0.2) is 158 Å². The third-order valence-corrected chi connectivity index (χ3v) is 9.66. The zero-order chi connectivity index (χ0) is 33.3. The first-order chi connectivity index (χ1) is 24.7. The summed E-state index contributed by atoms with van der Waals surface area (Å²) in [6.45, 7) is 0. The van der Waals surface area contributed by atoms with Gasteiger partial charge in [-0.2, -0.15) is 0 Å². The van der Waals surface area contributed by atoms with E-state index in [0.29, 0.717) is 0 Å². The van der Waals surface area contributed by atoms with Crippen LogP contribution in [0.4, 0.5) is 0 Å². The maximum Gasteiger partial charge on any atom is 0.160 e. The van der Waals surface area contributed by atoms with Gasteiger partial charge >= 0.3 is 0 Å². The number of pyridine rings is 2. The van der Waals surface area contributed by atoms with Crippen LogP contribution in [-0.2, 0) is 0 Å². The molecule has 5 aromatic carbocycles. The number of hydrogen-bond acceptors (Lipinski definition) is 4. The standard InChI is InChI=1S/C46H34N4/c1-4-10-33(11-5-1)40-28-26-37-24-25-38-27-29-41(48-45(38)44(37)47-40)35-20-16-31(17-21-35)32-18-22-36(23-19-32)43-30-42(34-12-6-2-7-13-34)49-46(50-43)39-14-8-3-9-15-39/h2-3,6-10,12-30H,1,4-5,11H2. The van der Waals surface area contributed by atoms with Gasteiger partial charge in [-0.1, -0.05) is 140 Å². The predicted octanol–water partition coefficient (Wildman–Crippen LogP) is 11.9. The van der Waals surface area contributed by atoms with Crippen molar-refractivity contribution in [1.82, 2.24) is 19.9 Å². The van der Waals surface area contributed by atoms with Gasteiger partial charge in [-0.25, -0.2) is 19.9 Å². The minimum absolute atomic E-state index is 0.717. The van der Waals surface area contributed by atoms with Crippen LogP contribution >= 0.6 is 0 Å². The number of allylic oxidation sites excluding steroid dienone is 2. The average Bonchev–Trinajstić information content (AvgIpc) is 3.21. The first-order valence-corrected chi connectivity index (χ1v) is 17.4. The van der Waals surface area contributed by atoms with Crippen molar-refractivity contribution in [2.45, 2.75) is 25.7 Å². The maximum absolute atomic E-state index is 5.17. The van der Waals surface area contributed by atoms with E-state index in [0.717, 1.165) is 96.6 Å². The van der Waals surface area contributed by atoms with Crippen molar-refractivity contribution in [2.24, 2.45) is 0 Å². The predicted molar refractivity (Wildman–Crippen MR) is 206 cm³/mol. The van der Waals surface area contributed by atoms with Gasteiger partial charge in [-0.3, -0.25) is 0 Å². The number of aromatic nitrogens is 4. The number of hydrogen-bond donors (Lipinski definition) is 0. The average molecular weight is 643 g/mol. The largest absolute Gasteiger partial charge is 0.246 e. The van der Waals surface area contributed by atoms with Crippen LogP contribution in [0.3, 0.4) is 0 Å². The molecule has 238 valence electrons. The van der Waals surface area contributed by atoms with Gasteiger partial charge in [0.2, 0.25) is 0 Å². The Morgan fingerprint density at radius 2 is 0.840 bits per heavy atom. The van der Waals surface area contributed by atoms with Gasteiger partial charge in [-0.05, 0) is 60.6 Å². The molecule has 3 heterocycles. The summed E-state index contributed by atoms with van der Waals surface area (Å²) in [6, 6.07) is 52.8. The molecule has 1 aliphatic carbocycles. The van der Waals surface area contributed by atoms with E-state index >= 15 is 0 Å². The van der Waals surface area contributed by atoms with E-state index in [1.54, 1.807) is 0 Å². The van der Waals surface area contributed by atoms with Crippen LogP contribution in [0.5, 0.6) is 0 Å². The summed E-state index contributed by atoms with van der Waals surface area (Å²) in [5.74, 6) is 0.717. The fourth-order valence-corrected chi connectivity index (χ4v) is 6.91. The summed E-state index contributed by atoms with van der Waals surface area (Å²) in [7, 11) is 0. The van der Waals surface area contributed by atoms with Gasteiger partial charge in [0.25, 0.3) is 0 Å². The summed E-state index contributed by atoms with van der Waals surface area (Å²) in [4.78, 5) is 20.2. The molecule has 0 amide bonds. The lowest BCUT2D eigenvalue weighted by atomic mass is 9.96. The summed E-state index contributed by atoms with van der Waals surface area (Å²) >= 11 is 0. The fourth-order valence-electron chi connectivity index (χ4n) is 6.91. The van der Waals surface area contributed by atoms with Crippen molar-refractivity contribution in [3.05, 3.63) is 163 Å². The molecule has 9 rings (SSSR count). The first kappa shape index (κ1) is 29.8. The Morgan fingerprint density at radius 1 is 0.360 bits per heavy atom. The van der Waals surface area contributed by atoms with Crippen LogP contribution in [0, 0.1) is 0 Å². The minimum Gasteiger partial charge on any atom is -0.246 e. The zero-order valence-electron chi connectivity index (χ0n) is 27.6. The molecular weight excluding hydrogens is 609 g/mol. The smallest absolute Gasteiger partial charge is 0.160 e. The van der Waals surface area contributed by atoms with Crippen LogP contribution in [0.1, 0.15) is 31.4 Å². The van der Waals surface area contributed by atoms with Crippen molar-refractivity contribution < 1.29 is 0 Å². The lowest BCUT2D eigenvalue weighted by molar-refractivity contribution is 0.740. The first-order valence-electron chi connectivity index (χ1n) is 17.4. The normalized spacial score (nSPS) is 13.0. The third kappa shape index (κ3) is 5.86. The Kier molecular flexibility index (Phi) is 7.75. The second-order valence-corrected chi connectivity index (χ2v) is 12.9. The van der Waals surface area contributed by atoms with E-state index in [4.69, 9.17) is 19.9 Å². The van der Waals surface area contributed by atoms with E-state index in [2.05, 4.69) is 121 Å². The molecule has 0 atom stereocenters.